The third-order valence-corrected chi connectivity index (χ3v) is 15.2. The summed E-state index contributed by atoms with van der Waals surface area (Å²) in [5.74, 6) is -8.85. The summed E-state index contributed by atoms with van der Waals surface area (Å²) in [5.41, 5.74) is 1.30. The number of ketones is 3. The molecule has 4 rings (SSSR count). The summed E-state index contributed by atoms with van der Waals surface area (Å²) in [6.07, 6.45) is 11.0. The number of aliphatic hydroxyl groups is 2. The van der Waals surface area contributed by atoms with Crippen molar-refractivity contribution < 1.29 is 67.4 Å². The van der Waals surface area contributed by atoms with Gasteiger partial charge in [0, 0.05) is 58.5 Å². The van der Waals surface area contributed by atoms with Crippen LogP contribution >= 0.6 is 0 Å². The number of amides is 1. The first-order chi connectivity index (χ1) is 33.5. The first kappa shape index (κ1) is 59.7. The minimum absolute atomic E-state index is 0.0246. The zero-order chi connectivity index (χ0) is 52.7. The highest BCUT2D eigenvalue weighted by Gasteiger charge is 2.53. The van der Waals surface area contributed by atoms with E-state index in [9.17, 15) is 39.0 Å². The van der Waals surface area contributed by atoms with Crippen molar-refractivity contribution in [3.05, 3.63) is 47.6 Å². The van der Waals surface area contributed by atoms with Gasteiger partial charge >= 0.3 is 11.9 Å². The van der Waals surface area contributed by atoms with Crippen LogP contribution in [0.25, 0.3) is 0 Å². The molecule has 0 spiro atoms. The number of cyclic esters (lactones) is 1. The number of hydrogen-bond donors (Lipinski definition) is 2. The van der Waals surface area contributed by atoms with Crippen LogP contribution in [0.5, 0.6) is 0 Å². The third kappa shape index (κ3) is 16.6. The summed E-state index contributed by atoms with van der Waals surface area (Å²) in [5, 5.41) is 22.6. The lowest BCUT2D eigenvalue weighted by molar-refractivity contribution is -0.265. The molecule has 3 aliphatic heterocycles. The van der Waals surface area contributed by atoms with Crippen molar-refractivity contribution in [1.29, 1.82) is 0 Å². The summed E-state index contributed by atoms with van der Waals surface area (Å²) < 4.78 is 35.8. The Balaban J connectivity index is 1.77. The second kappa shape index (κ2) is 28.0. The van der Waals surface area contributed by atoms with Crippen LogP contribution in [-0.4, -0.2) is 158 Å². The van der Waals surface area contributed by atoms with Gasteiger partial charge < -0.3 is 43.5 Å². The smallest absolute Gasteiger partial charge is 0.329 e. The Morgan fingerprint density at radius 3 is 2.25 bits per heavy atom. The maximum Gasteiger partial charge on any atom is 0.329 e. The summed E-state index contributed by atoms with van der Waals surface area (Å²) in [6, 6.07) is -1.17. The largest absolute Gasteiger partial charge is 0.460 e. The number of aliphatic hydroxyl groups excluding tert-OH is 1. The number of ether oxygens (including phenoxy) is 6. The fourth-order valence-corrected chi connectivity index (χ4v) is 10.7. The van der Waals surface area contributed by atoms with E-state index in [1.165, 1.54) is 12.0 Å². The van der Waals surface area contributed by atoms with E-state index in [-0.39, 0.29) is 61.4 Å². The number of rotatable bonds is 9. The molecular weight excluding hydrogens is 913 g/mol. The molecule has 2 saturated heterocycles. The number of carbonyl (C=O) groups excluding carboxylic acids is 6. The molecule has 0 aromatic rings. The summed E-state index contributed by atoms with van der Waals surface area (Å²) in [6.45, 7) is 12.7. The zero-order valence-corrected chi connectivity index (χ0v) is 44.6. The number of piperidine rings is 1. The number of hydrogen-bond acceptors (Lipinski definition) is 15. The van der Waals surface area contributed by atoms with Gasteiger partial charge in [0.15, 0.2) is 18.0 Å². The number of allylic oxidation sites excluding steroid dienone is 6. The lowest BCUT2D eigenvalue weighted by Gasteiger charge is -2.42. The molecule has 16 heteroatoms. The molecule has 4 aliphatic rings. The molecule has 0 aromatic carbocycles. The summed E-state index contributed by atoms with van der Waals surface area (Å²) >= 11 is 0. The van der Waals surface area contributed by atoms with Crippen molar-refractivity contribution in [1.82, 2.24) is 9.80 Å². The molecule has 0 aromatic heterocycles. The van der Waals surface area contributed by atoms with Crippen LogP contribution in [0.4, 0.5) is 0 Å². The Bertz CT molecular complexity index is 1950. The molecule has 3 fully saturated rings. The highest BCUT2D eigenvalue weighted by atomic mass is 16.6. The van der Waals surface area contributed by atoms with Gasteiger partial charge in [-0.25, -0.2) is 4.79 Å². The van der Waals surface area contributed by atoms with Crippen molar-refractivity contribution >= 4 is 35.2 Å². The maximum absolute atomic E-state index is 14.5. The second-order valence-corrected chi connectivity index (χ2v) is 21.3. The van der Waals surface area contributed by atoms with E-state index in [0.29, 0.717) is 69.8 Å². The minimum Gasteiger partial charge on any atom is -0.460 e. The van der Waals surface area contributed by atoms with Crippen molar-refractivity contribution in [2.24, 2.45) is 35.5 Å². The van der Waals surface area contributed by atoms with Gasteiger partial charge in [0.05, 0.1) is 31.0 Å². The first-order valence-electron chi connectivity index (χ1n) is 25.9. The van der Waals surface area contributed by atoms with Crippen LogP contribution in [0, 0.1) is 35.5 Å². The number of esters is 2. The number of methoxy groups -OCH3 is 3. The standard InChI is InChI=1S/C55H86N2O14/c1-33-18-14-13-15-19-34(2)45(66-10)30-41-23-21-39(7)55(65,71-41)52(62)53(63)57-25-17-16-20-42(57)54(64)69-46(36(4)28-40-22-24-43(58)47(29-40)67-11)31-44(59)35(3)27-38(6)50(70-48(60)32-56(8)9)51(68-12)49(61)37(5)26-33/h13-15,18-19,27,33,35-37,39-43,45-47,50-51,58,65H,16-17,20-26,28-32H2,1-12H3/b15-13?,18-14+,34-19?,38-27?/t33?,35?,36?,37?,39?,40?,41?,42?,43?,45?,46?,47?,50?,51?,55-/m0/s1. The molecule has 3 heterocycles. The zero-order valence-electron chi connectivity index (χ0n) is 44.6. The van der Waals surface area contributed by atoms with Crippen molar-refractivity contribution in [2.75, 3.05) is 48.5 Å². The van der Waals surface area contributed by atoms with E-state index < -0.39 is 89.8 Å². The van der Waals surface area contributed by atoms with Crippen molar-refractivity contribution in [2.45, 2.75) is 180 Å². The molecule has 15 atom stereocenters. The van der Waals surface area contributed by atoms with Crippen LogP contribution in [0.1, 0.15) is 126 Å². The lowest BCUT2D eigenvalue weighted by atomic mass is 9.78. The number of fused-ring (bicyclic) bond motifs is 3. The molecule has 0 radical (unpaired) electrons. The van der Waals surface area contributed by atoms with Gasteiger partial charge in [-0.15, -0.1) is 0 Å². The van der Waals surface area contributed by atoms with Gasteiger partial charge in [-0.2, -0.15) is 0 Å². The average molecular weight is 999 g/mol. The van der Waals surface area contributed by atoms with Crippen LogP contribution in [0.3, 0.4) is 0 Å². The Labute approximate surface area is 422 Å². The van der Waals surface area contributed by atoms with Crippen LogP contribution in [0.2, 0.25) is 0 Å². The molecule has 400 valence electrons. The van der Waals surface area contributed by atoms with Gasteiger partial charge in [0.1, 0.15) is 17.9 Å². The van der Waals surface area contributed by atoms with E-state index in [0.717, 1.165) is 5.57 Å². The Morgan fingerprint density at radius 1 is 0.873 bits per heavy atom. The number of nitrogens with zero attached hydrogens (tertiary/aromatic N) is 2. The molecule has 71 heavy (non-hydrogen) atoms. The topological polar surface area (TPSA) is 205 Å². The van der Waals surface area contributed by atoms with Gasteiger partial charge in [0.2, 0.25) is 5.79 Å². The maximum atomic E-state index is 14.5. The number of likely N-dealkylation sites (N-methyl/N-ethyl adjacent to an activating group) is 1. The van der Waals surface area contributed by atoms with Gasteiger partial charge in [-0.3, -0.25) is 28.9 Å². The first-order valence-corrected chi connectivity index (χ1v) is 25.9. The van der Waals surface area contributed by atoms with E-state index in [1.54, 1.807) is 60.1 Å². The highest BCUT2D eigenvalue weighted by Crippen LogP contribution is 2.38. The van der Waals surface area contributed by atoms with Crippen LogP contribution in [0.15, 0.2) is 47.6 Å². The monoisotopic (exact) mass is 999 g/mol. The predicted molar refractivity (Wildman–Crippen MR) is 268 cm³/mol. The highest BCUT2D eigenvalue weighted by molar-refractivity contribution is 6.39. The van der Waals surface area contributed by atoms with Crippen molar-refractivity contribution in [3.8, 4) is 0 Å². The molecular formula is C55H86N2O14. The molecule has 2 N–H and O–H groups in total. The third-order valence-electron chi connectivity index (χ3n) is 15.2. The Kier molecular flexibility index (Phi) is 23.5. The molecule has 16 nitrogen and oxygen atoms in total. The molecule has 1 saturated carbocycles. The van der Waals surface area contributed by atoms with Crippen molar-refractivity contribution in [3.63, 3.8) is 0 Å². The van der Waals surface area contributed by atoms with E-state index >= 15 is 0 Å². The number of carbonyl (C=O) groups is 6. The SMILES string of the molecule is COC1CC2CCC(C)[C@](O)(O2)C(=O)C(=O)N2CCCCC2C(=O)OC(C(C)CC2CCC(O)C(OC)C2)CC(=O)C(C)C=C(C)C(OC(=O)CN(C)C)C(OC)C(=O)C(C)CC(C)/C=C/C=CC=C1C. The normalized spacial score (nSPS) is 36.1. The lowest BCUT2D eigenvalue weighted by Crippen LogP contribution is -2.61. The van der Waals surface area contributed by atoms with E-state index in [1.807, 2.05) is 58.1 Å². The fraction of sp³-hybridized carbons (Fsp3) is 0.745. The van der Waals surface area contributed by atoms with Gasteiger partial charge in [-0.1, -0.05) is 71.1 Å². The summed E-state index contributed by atoms with van der Waals surface area (Å²) in [7, 11) is 7.98. The quantitative estimate of drug-likeness (QED) is 0.148. The molecule has 14 unspecified atom stereocenters. The van der Waals surface area contributed by atoms with Gasteiger partial charge in [-0.05, 0) is 121 Å². The van der Waals surface area contributed by atoms with Crippen LogP contribution in [-0.2, 0) is 57.2 Å². The van der Waals surface area contributed by atoms with E-state index in [2.05, 4.69) is 0 Å². The Morgan fingerprint density at radius 2 is 1.59 bits per heavy atom. The van der Waals surface area contributed by atoms with Gasteiger partial charge in [0.25, 0.3) is 11.7 Å². The van der Waals surface area contributed by atoms with Crippen LogP contribution < -0.4 is 0 Å². The molecule has 1 aliphatic carbocycles. The average Bonchev–Trinajstić information content (AvgIpc) is 3.32. The molecule has 1 amide bonds. The fourth-order valence-electron chi connectivity index (χ4n) is 10.7. The molecule has 2 bridgehead atoms. The Hall–Kier alpha value is -3.90. The van der Waals surface area contributed by atoms with E-state index in [4.69, 9.17) is 28.4 Å². The number of Topliss-reactive ketones (excluding diaryl/α,β-unsaturated/α-hetero) is 3. The predicted octanol–water partition coefficient (Wildman–Crippen LogP) is 6.29. The summed E-state index contributed by atoms with van der Waals surface area (Å²) in [4.78, 5) is 87.9. The second-order valence-electron chi connectivity index (χ2n) is 21.3. The minimum atomic E-state index is -2.45.